The smallest absolute Gasteiger partial charge is 0.243 e. The van der Waals surface area contributed by atoms with Crippen LogP contribution in [0.15, 0.2) is 35.6 Å². The maximum absolute atomic E-state index is 12.1. The number of anilines is 1. The molecule has 1 aromatic carbocycles. The van der Waals surface area contributed by atoms with Gasteiger partial charge in [-0.1, -0.05) is 23.7 Å². The predicted molar refractivity (Wildman–Crippen MR) is 114 cm³/mol. The normalized spacial score (nSPS) is 10.5. The van der Waals surface area contributed by atoms with Crippen molar-refractivity contribution in [3.63, 3.8) is 0 Å². The van der Waals surface area contributed by atoms with Crippen molar-refractivity contribution in [2.45, 2.75) is 18.9 Å². The fourth-order valence-electron chi connectivity index (χ4n) is 2.52. The van der Waals surface area contributed by atoms with Gasteiger partial charge in [0.15, 0.2) is 0 Å². The van der Waals surface area contributed by atoms with E-state index in [0.29, 0.717) is 11.3 Å². The topological polar surface area (TPSA) is 84.0 Å². The average molecular weight is 411 g/mol. The molecular weight excluding hydrogens is 392 g/mol. The predicted octanol–water partition coefficient (Wildman–Crippen LogP) is 3.14. The molecule has 0 saturated heterocycles. The Kier molecular flexibility index (Phi) is 6.29. The molecule has 0 bridgehead atoms. The minimum Gasteiger partial charge on any atom is -0.346 e. The van der Waals surface area contributed by atoms with Gasteiger partial charge >= 0.3 is 0 Å². The quantitative estimate of drug-likeness (QED) is 0.371. The van der Waals surface area contributed by atoms with Crippen molar-refractivity contribution in [3.8, 4) is 12.3 Å². The van der Waals surface area contributed by atoms with Crippen LogP contribution in [0.5, 0.6) is 0 Å². The number of aryl methyl sites for hydroxylation is 2. The van der Waals surface area contributed by atoms with Crippen molar-refractivity contribution in [2.75, 3.05) is 17.6 Å². The summed E-state index contributed by atoms with van der Waals surface area (Å²) >= 11 is 2.95. The molecule has 0 aliphatic rings. The van der Waals surface area contributed by atoms with Crippen molar-refractivity contribution >= 4 is 50.8 Å². The molecule has 0 aliphatic carbocycles. The Morgan fingerprint density at radius 1 is 1.25 bits per heavy atom. The first-order valence-corrected chi connectivity index (χ1v) is 10.2. The molecular formula is C20H18N4O2S2. The van der Waals surface area contributed by atoms with Gasteiger partial charge in [-0.05, 0) is 37.6 Å². The minimum atomic E-state index is -0.318. The number of terminal acetylenes is 1. The number of rotatable bonds is 6. The highest BCUT2D eigenvalue weighted by Crippen LogP contribution is 2.34. The van der Waals surface area contributed by atoms with Crippen LogP contribution in [-0.4, -0.2) is 34.1 Å². The molecule has 8 heteroatoms. The molecule has 28 heavy (non-hydrogen) atoms. The van der Waals surface area contributed by atoms with E-state index in [1.807, 2.05) is 13.8 Å². The highest BCUT2D eigenvalue weighted by atomic mass is 32.2. The monoisotopic (exact) mass is 410 g/mol. The number of aromatic nitrogens is 2. The van der Waals surface area contributed by atoms with Gasteiger partial charge in [-0.15, -0.1) is 17.8 Å². The van der Waals surface area contributed by atoms with Gasteiger partial charge in [0.2, 0.25) is 11.8 Å². The Hall–Kier alpha value is -2.89. The fraction of sp³-hybridized carbons (Fsp3) is 0.200. The summed E-state index contributed by atoms with van der Waals surface area (Å²) < 4.78 is 0. The molecule has 0 aliphatic heterocycles. The van der Waals surface area contributed by atoms with Crippen LogP contribution in [0.4, 0.5) is 5.69 Å². The fourth-order valence-corrected chi connectivity index (χ4v) is 4.46. The zero-order valence-electron chi connectivity index (χ0n) is 15.4. The van der Waals surface area contributed by atoms with Crippen LogP contribution in [0.2, 0.25) is 0 Å². The van der Waals surface area contributed by atoms with E-state index in [2.05, 4.69) is 26.5 Å². The Morgan fingerprint density at radius 2 is 2.07 bits per heavy atom. The standard InChI is InChI=1S/C20H18N4O2S2/c1-4-14-6-5-7-15(8-14)24-16(25)9-21-17(26)10-27-19-18-12(2)13(3)28-20(18)23-11-22-19/h1,5-8,11H,9-10H2,2-3H3,(H,21,26)(H,24,25). The zero-order chi connectivity index (χ0) is 20.1. The van der Waals surface area contributed by atoms with Crippen molar-refractivity contribution in [3.05, 3.63) is 46.6 Å². The SMILES string of the molecule is C#Cc1cccc(NC(=O)CNC(=O)CSc2ncnc3sc(C)c(C)c23)c1. The van der Waals surface area contributed by atoms with E-state index in [0.717, 1.165) is 20.8 Å². The first-order valence-electron chi connectivity index (χ1n) is 8.44. The average Bonchev–Trinajstić information content (AvgIpc) is 2.99. The van der Waals surface area contributed by atoms with Crippen LogP contribution in [0.3, 0.4) is 0 Å². The van der Waals surface area contributed by atoms with E-state index in [4.69, 9.17) is 6.42 Å². The van der Waals surface area contributed by atoms with Gasteiger partial charge in [0.25, 0.3) is 0 Å². The Morgan fingerprint density at radius 3 is 2.86 bits per heavy atom. The summed E-state index contributed by atoms with van der Waals surface area (Å²) in [7, 11) is 0. The number of carbonyl (C=O) groups excluding carboxylic acids is 2. The van der Waals surface area contributed by atoms with Gasteiger partial charge in [0.1, 0.15) is 16.2 Å². The van der Waals surface area contributed by atoms with Gasteiger partial charge < -0.3 is 10.6 Å². The van der Waals surface area contributed by atoms with Crippen LogP contribution >= 0.6 is 23.1 Å². The van der Waals surface area contributed by atoms with E-state index < -0.39 is 0 Å². The highest BCUT2D eigenvalue weighted by molar-refractivity contribution is 8.00. The summed E-state index contributed by atoms with van der Waals surface area (Å²) in [6, 6.07) is 6.97. The molecule has 0 spiro atoms. The number of fused-ring (bicyclic) bond motifs is 1. The van der Waals surface area contributed by atoms with Gasteiger partial charge in [-0.3, -0.25) is 9.59 Å². The van der Waals surface area contributed by atoms with Crippen LogP contribution in [0.25, 0.3) is 10.2 Å². The lowest BCUT2D eigenvalue weighted by Crippen LogP contribution is -2.33. The van der Waals surface area contributed by atoms with E-state index in [-0.39, 0.29) is 24.1 Å². The van der Waals surface area contributed by atoms with Crippen molar-refractivity contribution < 1.29 is 9.59 Å². The maximum atomic E-state index is 12.1. The third kappa shape index (κ3) is 4.68. The van der Waals surface area contributed by atoms with Crippen molar-refractivity contribution in [1.82, 2.24) is 15.3 Å². The van der Waals surface area contributed by atoms with Crippen LogP contribution in [0.1, 0.15) is 16.0 Å². The Balaban J connectivity index is 1.52. The van der Waals surface area contributed by atoms with Crippen LogP contribution in [0, 0.1) is 26.2 Å². The number of hydrogen-bond acceptors (Lipinski definition) is 6. The highest BCUT2D eigenvalue weighted by Gasteiger charge is 2.14. The number of amides is 2. The molecule has 3 rings (SSSR count). The molecule has 2 amide bonds. The molecule has 2 aromatic heterocycles. The lowest BCUT2D eigenvalue weighted by molar-refractivity contribution is -0.122. The molecule has 2 N–H and O–H groups in total. The Bertz CT molecular complexity index is 1090. The molecule has 0 radical (unpaired) electrons. The number of thiophene rings is 1. The molecule has 0 unspecified atom stereocenters. The summed E-state index contributed by atoms with van der Waals surface area (Å²) in [6.45, 7) is 3.96. The summed E-state index contributed by atoms with van der Waals surface area (Å²) in [5, 5.41) is 7.09. The number of nitrogens with zero attached hydrogens (tertiary/aromatic N) is 2. The van der Waals surface area contributed by atoms with Gasteiger partial charge in [0.05, 0.1) is 12.3 Å². The number of carbonyl (C=O) groups is 2. The summed E-state index contributed by atoms with van der Waals surface area (Å²) in [6.07, 6.45) is 6.85. The zero-order valence-corrected chi connectivity index (χ0v) is 17.0. The third-order valence-corrected chi connectivity index (χ3v) is 6.13. The van der Waals surface area contributed by atoms with Crippen LogP contribution < -0.4 is 10.6 Å². The minimum absolute atomic E-state index is 0.116. The second-order valence-electron chi connectivity index (χ2n) is 5.98. The molecule has 6 nitrogen and oxygen atoms in total. The molecule has 142 valence electrons. The van der Waals surface area contributed by atoms with E-state index in [1.165, 1.54) is 23.0 Å². The number of nitrogens with one attached hydrogen (secondary N) is 2. The lowest BCUT2D eigenvalue weighted by Gasteiger charge is -2.07. The number of benzene rings is 1. The summed E-state index contributed by atoms with van der Waals surface area (Å²) in [4.78, 5) is 34.8. The first kappa shape index (κ1) is 19.9. The molecule has 3 aromatic rings. The molecule has 0 saturated carbocycles. The number of hydrogen-bond donors (Lipinski definition) is 2. The maximum Gasteiger partial charge on any atom is 0.243 e. The first-order chi connectivity index (χ1) is 13.5. The van der Waals surface area contributed by atoms with Gasteiger partial charge in [-0.2, -0.15) is 0 Å². The van der Waals surface area contributed by atoms with E-state index >= 15 is 0 Å². The van der Waals surface area contributed by atoms with Crippen LogP contribution in [-0.2, 0) is 9.59 Å². The van der Waals surface area contributed by atoms with Gasteiger partial charge in [-0.25, -0.2) is 9.97 Å². The Labute approximate surface area is 171 Å². The summed E-state index contributed by atoms with van der Waals surface area (Å²) in [5.74, 6) is 2.11. The van der Waals surface area contributed by atoms with E-state index in [9.17, 15) is 9.59 Å². The summed E-state index contributed by atoms with van der Waals surface area (Å²) in [5.41, 5.74) is 2.40. The van der Waals surface area contributed by atoms with E-state index in [1.54, 1.807) is 35.6 Å². The second-order valence-corrected chi connectivity index (χ2v) is 8.15. The van der Waals surface area contributed by atoms with Crippen molar-refractivity contribution in [1.29, 1.82) is 0 Å². The molecule has 0 atom stereocenters. The lowest BCUT2D eigenvalue weighted by atomic mass is 10.2. The number of thioether (sulfide) groups is 1. The molecule has 2 heterocycles. The second kappa shape index (κ2) is 8.87. The van der Waals surface area contributed by atoms with Gasteiger partial charge in [0, 0.05) is 21.5 Å². The third-order valence-electron chi connectivity index (χ3n) is 4.03. The molecule has 0 fully saturated rings. The van der Waals surface area contributed by atoms with Crippen molar-refractivity contribution in [2.24, 2.45) is 0 Å². The largest absolute Gasteiger partial charge is 0.346 e.